The third kappa shape index (κ3) is 3.51. The van der Waals surface area contributed by atoms with Crippen molar-refractivity contribution in [3.63, 3.8) is 0 Å². The Bertz CT molecular complexity index is 270. The van der Waals surface area contributed by atoms with Crippen molar-refractivity contribution >= 4 is 5.95 Å². The third-order valence-corrected chi connectivity index (χ3v) is 2.27. The van der Waals surface area contributed by atoms with Crippen LogP contribution in [0.2, 0.25) is 0 Å². The van der Waals surface area contributed by atoms with E-state index in [4.69, 9.17) is 4.52 Å². The summed E-state index contributed by atoms with van der Waals surface area (Å²) in [5.74, 6) is 1.41. The van der Waals surface area contributed by atoms with E-state index in [2.05, 4.69) is 41.1 Å². The summed E-state index contributed by atoms with van der Waals surface area (Å²) in [7, 11) is 0. The highest BCUT2D eigenvalue weighted by Crippen LogP contribution is 2.08. The lowest BCUT2D eigenvalue weighted by Gasteiger charge is -2.14. The van der Waals surface area contributed by atoms with E-state index in [9.17, 15) is 0 Å². The van der Waals surface area contributed by atoms with Crippen molar-refractivity contribution in [1.29, 1.82) is 0 Å². The predicted molar refractivity (Wildman–Crippen MR) is 60.1 cm³/mol. The average Bonchev–Trinajstić information content (AvgIpc) is 2.69. The van der Waals surface area contributed by atoms with Gasteiger partial charge in [-0.2, -0.15) is 4.98 Å². The molecule has 5 nitrogen and oxygen atoms in total. The maximum Gasteiger partial charge on any atom is 0.266 e. The molecule has 0 aliphatic rings. The summed E-state index contributed by atoms with van der Waals surface area (Å²) in [6.45, 7) is 9.91. The molecule has 86 valence electrons. The van der Waals surface area contributed by atoms with Crippen molar-refractivity contribution in [1.82, 2.24) is 15.5 Å². The van der Waals surface area contributed by atoms with Crippen LogP contribution < -0.4 is 10.2 Å². The van der Waals surface area contributed by atoms with E-state index in [1.54, 1.807) is 0 Å². The molecule has 0 atom stereocenters. The fourth-order valence-electron chi connectivity index (χ4n) is 1.35. The molecule has 0 spiro atoms. The van der Waals surface area contributed by atoms with Crippen LogP contribution in [0, 0.1) is 0 Å². The first kappa shape index (κ1) is 12.0. The quantitative estimate of drug-likeness (QED) is 0.685. The van der Waals surface area contributed by atoms with Crippen molar-refractivity contribution in [3.05, 3.63) is 5.89 Å². The normalized spacial score (nSPS) is 10.6. The fourth-order valence-corrected chi connectivity index (χ4v) is 1.35. The van der Waals surface area contributed by atoms with Crippen LogP contribution in [0.25, 0.3) is 0 Å². The molecule has 0 aliphatic carbocycles. The Kier molecular flexibility index (Phi) is 5.10. The summed E-state index contributed by atoms with van der Waals surface area (Å²) < 4.78 is 5.15. The Morgan fingerprint density at radius 3 is 2.60 bits per heavy atom. The molecule has 0 unspecified atom stereocenters. The van der Waals surface area contributed by atoms with Crippen molar-refractivity contribution in [3.8, 4) is 0 Å². The number of nitrogens with one attached hydrogen (secondary N) is 1. The van der Waals surface area contributed by atoms with Gasteiger partial charge in [0.2, 0.25) is 5.89 Å². The third-order valence-electron chi connectivity index (χ3n) is 2.27. The molecule has 1 rings (SSSR count). The van der Waals surface area contributed by atoms with Gasteiger partial charge in [0.1, 0.15) is 0 Å². The Balaban J connectivity index is 2.47. The molecule has 1 N–H and O–H groups in total. The molecule has 0 amide bonds. The minimum atomic E-state index is 0.700. The second kappa shape index (κ2) is 6.40. The first-order valence-corrected chi connectivity index (χ1v) is 5.60. The van der Waals surface area contributed by atoms with Gasteiger partial charge in [-0.15, -0.1) is 0 Å². The molecule has 1 heterocycles. The molecule has 0 fully saturated rings. The molecular formula is C10H20N4O. The molecule has 0 aromatic carbocycles. The molecule has 1 aromatic rings. The second-order valence-corrected chi connectivity index (χ2v) is 3.26. The number of hydrogen-bond donors (Lipinski definition) is 1. The average molecular weight is 212 g/mol. The van der Waals surface area contributed by atoms with Crippen LogP contribution in [0.1, 0.15) is 26.7 Å². The fraction of sp³-hybridized carbons (Fsp3) is 0.800. The standard InChI is InChI=1S/C10H20N4O/c1-4-11-8-7-9-12-10(13-15-9)14(5-2)6-3/h11H,4-8H2,1-3H3. The van der Waals surface area contributed by atoms with Gasteiger partial charge in [0, 0.05) is 26.1 Å². The summed E-state index contributed by atoms with van der Waals surface area (Å²) in [6, 6.07) is 0. The van der Waals surface area contributed by atoms with Crippen LogP contribution in [0.3, 0.4) is 0 Å². The van der Waals surface area contributed by atoms with Crippen molar-refractivity contribution < 1.29 is 4.52 Å². The highest BCUT2D eigenvalue weighted by Gasteiger charge is 2.10. The zero-order valence-corrected chi connectivity index (χ0v) is 9.79. The van der Waals surface area contributed by atoms with Crippen molar-refractivity contribution in [2.75, 3.05) is 31.1 Å². The lowest BCUT2D eigenvalue weighted by Crippen LogP contribution is -2.23. The van der Waals surface area contributed by atoms with E-state index >= 15 is 0 Å². The number of likely N-dealkylation sites (N-methyl/N-ethyl adjacent to an activating group) is 1. The van der Waals surface area contributed by atoms with Crippen LogP contribution in [-0.4, -0.2) is 36.3 Å². The Morgan fingerprint density at radius 2 is 2.00 bits per heavy atom. The summed E-state index contributed by atoms with van der Waals surface area (Å²) >= 11 is 0. The lowest BCUT2D eigenvalue weighted by molar-refractivity contribution is 0.375. The second-order valence-electron chi connectivity index (χ2n) is 3.26. The van der Waals surface area contributed by atoms with Gasteiger partial charge in [0.05, 0.1) is 0 Å². The molecule has 0 saturated carbocycles. The van der Waals surface area contributed by atoms with E-state index < -0.39 is 0 Å². The molecule has 5 heteroatoms. The molecule has 0 bridgehead atoms. The predicted octanol–water partition coefficient (Wildman–Crippen LogP) is 1.07. The molecule has 15 heavy (non-hydrogen) atoms. The zero-order chi connectivity index (χ0) is 11.1. The van der Waals surface area contributed by atoms with Gasteiger partial charge in [-0.3, -0.25) is 0 Å². The van der Waals surface area contributed by atoms with Gasteiger partial charge in [-0.1, -0.05) is 6.92 Å². The highest BCUT2D eigenvalue weighted by atomic mass is 16.5. The number of hydrogen-bond acceptors (Lipinski definition) is 5. The number of nitrogens with zero attached hydrogens (tertiary/aromatic N) is 3. The SMILES string of the molecule is CCNCCc1nc(N(CC)CC)no1. The van der Waals surface area contributed by atoms with Crippen LogP contribution in [0.15, 0.2) is 4.52 Å². The van der Waals surface area contributed by atoms with Gasteiger partial charge >= 0.3 is 0 Å². The summed E-state index contributed by atoms with van der Waals surface area (Å²) in [6.07, 6.45) is 0.794. The van der Waals surface area contributed by atoms with Crippen molar-refractivity contribution in [2.45, 2.75) is 27.2 Å². The highest BCUT2D eigenvalue weighted by molar-refractivity contribution is 5.26. The molecule has 1 aromatic heterocycles. The van der Waals surface area contributed by atoms with E-state index in [1.807, 2.05) is 0 Å². The van der Waals surface area contributed by atoms with E-state index in [0.29, 0.717) is 11.8 Å². The van der Waals surface area contributed by atoms with Gasteiger partial charge < -0.3 is 14.7 Å². The van der Waals surface area contributed by atoms with Gasteiger partial charge in [-0.05, 0) is 25.5 Å². The Hall–Kier alpha value is -1.10. The Morgan fingerprint density at radius 1 is 1.27 bits per heavy atom. The first-order valence-electron chi connectivity index (χ1n) is 5.60. The van der Waals surface area contributed by atoms with Crippen LogP contribution >= 0.6 is 0 Å². The Labute approximate surface area is 90.8 Å². The lowest BCUT2D eigenvalue weighted by atomic mass is 10.4. The van der Waals surface area contributed by atoms with E-state index in [-0.39, 0.29) is 0 Å². The van der Waals surface area contributed by atoms with E-state index in [0.717, 1.165) is 32.6 Å². The first-order chi connectivity index (χ1) is 7.31. The number of anilines is 1. The van der Waals surface area contributed by atoms with E-state index in [1.165, 1.54) is 0 Å². The minimum absolute atomic E-state index is 0.700. The summed E-state index contributed by atoms with van der Waals surface area (Å²) in [5, 5.41) is 7.17. The van der Waals surface area contributed by atoms with Gasteiger partial charge in [-0.25, -0.2) is 0 Å². The summed E-state index contributed by atoms with van der Waals surface area (Å²) in [4.78, 5) is 6.40. The summed E-state index contributed by atoms with van der Waals surface area (Å²) in [5.41, 5.74) is 0. The largest absolute Gasteiger partial charge is 0.339 e. The number of aromatic nitrogens is 2. The number of rotatable bonds is 7. The van der Waals surface area contributed by atoms with Gasteiger partial charge in [0.25, 0.3) is 5.95 Å². The topological polar surface area (TPSA) is 54.2 Å². The van der Waals surface area contributed by atoms with Crippen LogP contribution in [-0.2, 0) is 6.42 Å². The maximum atomic E-state index is 5.15. The zero-order valence-electron chi connectivity index (χ0n) is 9.79. The van der Waals surface area contributed by atoms with Gasteiger partial charge in [0.15, 0.2) is 0 Å². The van der Waals surface area contributed by atoms with Crippen LogP contribution in [0.4, 0.5) is 5.95 Å². The molecule has 0 aliphatic heterocycles. The molecule has 0 radical (unpaired) electrons. The molecular weight excluding hydrogens is 192 g/mol. The smallest absolute Gasteiger partial charge is 0.266 e. The minimum Gasteiger partial charge on any atom is -0.339 e. The van der Waals surface area contributed by atoms with Crippen molar-refractivity contribution in [2.24, 2.45) is 0 Å². The maximum absolute atomic E-state index is 5.15. The molecule has 0 saturated heterocycles. The monoisotopic (exact) mass is 212 g/mol. The van der Waals surface area contributed by atoms with Crippen LogP contribution in [0.5, 0.6) is 0 Å².